The van der Waals surface area contributed by atoms with Gasteiger partial charge in [0.15, 0.2) is 6.61 Å². The highest BCUT2D eigenvalue weighted by Gasteiger charge is 2.36. The minimum absolute atomic E-state index is 0.0535. The van der Waals surface area contributed by atoms with Crippen molar-refractivity contribution in [1.29, 1.82) is 0 Å². The summed E-state index contributed by atoms with van der Waals surface area (Å²) < 4.78 is 43.4. The van der Waals surface area contributed by atoms with Crippen LogP contribution < -0.4 is 15.0 Å². The van der Waals surface area contributed by atoms with Crippen LogP contribution >= 0.6 is 0 Å². The number of ether oxygens (including phenoxy) is 2. The first kappa shape index (κ1) is 29.1. The van der Waals surface area contributed by atoms with Gasteiger partial charge in [-0.15, -0.1) is 0 Å². The Kier molecular flexibility index (Phi) is 8.19. The average Bonchev–Trinajstić information content (AvgIpc) is 3.56. The summed E-state index contributed by atoms with van der Waals surface area (Å²) >= 11 is 0. The van der Waals surface area contributed by atoms with Gasteiger partial charge >= 0.3 is 5.97 Å². The van der Waals surface area contributed by atoms with Gasteiger partial charge in [-0.3, -0.25) is 14.4 Å². The van der Waals surface area contributed by atoms with Gasteiger partial charge in [0.2, 0.25) is 15.9 Å². The Morgan fingerprint density at radius 2 is 1.74 bits per heavy atom. The van der Waals surface area contributed by atoms with Crippen LogP contribution in [0.2, 0.25) is 0 Å². The van der Waals surface area contributed by atoms with Crippen LogP contribution in [0, 0.1) is 5.92 Å². The lowest BCUT2D eigenvalue weighted by molar-refractivity contribution is -0.151. The number of carbonyl (C=O) groups is 3. The summed E-state index contributed by atoms with van der Waals surface area (Å²) in [5.41, 5.74) is 2.10. The second-order valence-electron chi connectivity index (χ2n) is 9.79. The number of esters is 1. The van der Waals surface area contributed by atoms with E-state index < -0.39 is 34.4 Å². The van der Waals surface area contributed by atoms with Gasteiger partial charge in [0, 0.05) is 48.6 Å². The van der Waals surface area contributed by atoms with E-state index in [0.29, 0.717) is 41.4 Å². The third kappa shape index (κ3) is 5.55. The molecule has 42 heavy (non-hydrogen) atoms. The second-order valence-corrected chi connectivity index (χ2v) is 11.7. The number of benzene rings is 3. The maximum Gasteiger partial charge on any atom is 0.311 e. The number of para-hydroxylation sites is 1. The number of hydrogen-bond donors (Lipinski definition) is 1. The van der Waals surface area contributed by atoms with Crippen molar-refractivity contribution in [3.63, 3.8) is 0 Å². The number of rotatable bonds is 10. The number of fused-ring (bicyclic) bond motifs is 3. The zero-order valence-corrected chi connectivity index (χ0v) is 24.3. The summed E-state index contributed by atoms with van der Waals surface area (Å²) in [4.78, 5) is 39.6. The molecule has 1 atom stereocenters. The molecule has 5 rings (SSSR count). The molecule has 3 aromatic carbocycles. The molecule has 11 nitrogen and oxygen atoms in total. The van der Waals surface area contributed by atoms with E-state index in [-0.39, 0.29) is 23.8 Å². The molecule has 2 amide bonds. The quantitative estimate of drug-likeness (QED) is 0.271. The van der Waals surface area contributed by atoms with E-state index in [9.17, 15) is 22.8 Å². The minimum atomic E-state index is -3.63. The molecule has 0 saturated carbocycles. The first-order valence-corrected chi connectivity index (χ1v) is 15.0. The van der Waals surface area contributed by atoms with Gasteiger partial charge in [-0.1, -0.05) is 32.0 Å². The van der Waals surface area contributed by atoms with E-state index in [0.717, 1.165) is 10.8 Å². The van der Waals surface area contributed by atoms with E-state index in [2.05, 4.69) is 5.32 Å². The van der Waals surface area contributed by atoms with Crippen LogP contribution in [0.15, 0.2) is 70.0 Å². The van der Waals surface area contributed by atoms with Gasteiger partial charge in [0.25, 0.3) is 5.91 Å². The Morgan fingerprint density at radius 3 is 2.43 bits per heavy atom. The van der Waals surface area contributed by atoms with Gasteiger partial charge < -0.3 is 24.1 Å². The lowest BCUT2D eigenvalue weighted by Gasteiger charge is -2.20. The average molecular weight is 594 g/mol. The van der Waals surface area contributed by atoms with Crippen molar-refractivity contribution in [3.05, 3.63) is 60.7 Å². The van der Waals surface area contributed by atoms with E-state index in [1.54, 1.807) is 38.1 Å². The fourth-order valence-corrected chi connectivity index (χ4v) is 6.54. The Bertz CT molecular complexity index is 1760. The molecule has 1 aliphatic rings. The molecule has 1 saturated heterocycles. The number of anilines is 2. The number of furan rings is 1. The number of nitrogens with zero attached hydrogens (tertiary/aromatic N) is 2. The molecule has 1 aliphatic heterocycles. The molecule has 0 radical (unpaired) electrons. The Morgan fingerprint density at radius 1 is 1.02 bits per heavy atom. The first-order chi connectivity index (χ1) is 20.2. The van der Waals surface area contributed by atoms with E-state index in [1.807, 2.05) is 24.3 Å². The minimum Gasteiger partial charge on any atom is -0.495 e. The number of hydrogen-bond acceptors (Lipinski definition) is 8. The fourth-order valence-electron chi connectivity index (χ4n) is 5.08. The topological polar surface area (TPSA) is 135 Å². The van der Waals surface area contributed by atoms with Crippen LogP contribution in [0.25, 0.3) is 21.9 Å². The molecule has 220 valence electrons. The molecule has 2 heterocycles. The summed E-state index contributed by atoms with van der Waals surface area (Å²) in [6, 6.07) is 17.0. The fraction of sp³-hybridized carbons (Fsp3) is 0.300. The van der Waals surface area contributed by atoms with Crippen molar-refractivity contribution in [3.8, 4) is 5.75 Å². The normalized spacial score (nSPS) is 15.5. The maximum absolute atomic E-state index is 12.7. The van der Waals surface area contributed by atoms with Crippen molar-refractivity contribution >= 4 is 61.1 Å². The van der Waals surface area contributed by atoms with Crippen molar-refractivity contribution in [2.24, 2.45) is 5.92 Å². The van der Waals surface area contributed by atoms with Crippen LogP contribution in [0.5, 0.6) is 5.75 Å². The largest absolute Gasteiger partial charge is 0.495 e. The van der Waals surface area contributed by atoms with Gasteiger partial charge in [-0.2, -0.15) is 4.31 Å². The van der Waals surface area contributed by atoms with E-state index in [1.165, 1.54) is 28.4 Å². The van der Waals surface area contributed by atoms with Gasteiger partial charge in [0.05, 0.1) is 23.6 Å². The Balaban J connectivity index is 1.20. The lowest BCUT2D eigenvalue weighted by atomic mass is 10.1. The molecule has 1 fully saturated rings. The lowest BCUT2D eigenvalue weighted by Crippen LogP contribution is -2.31. The van der Waals surface area contributed by atoms with Crippen molar-refractivity contribution in [2.45, 2.75) is 25.2 Å². The molecule has 0 aliphatic carbocycles. The third-order valence-corrected chi connectivity index (χ3v) is 9.33. The number of sulfonamides is 1. The summed E-state index contributed by atoms with van der Waals surface area (Å²) in [5.74, 6) is -1.91. The molecule has 0 spiro atoms. The third-order valence-electron chi connectivity index (χ3n) is 7.27. The zero-order chi connectivity index (χ0) is 30.0. The van der Waals surface area contributed by atoms with Crippen molar-refractivity contribution in [1.82, 2.24) is 4.31 Å². The zero-order valence-electron chi connectivity index (χ0n) is 23.5. The van der Waals surface area contributed by atoms with Gasteiger partial charge in [-0.05, 0) is 36.4 Å². The standard InChI is InChI=1S/C30H31N3O8S/c1-4-32(5-2)42(37,38)21-12-10-20(11-13-21)33-17-19(14-29(33)35)30(36)40-18-28(34)31-24-16-26-23(15-27(24)39-3)22-8-6-7-9-25(22)41-26/h6-13,15-16,19H,4-5,14,17-18H2,1-3H3,(H,31,34)/t19-/m0/s1. The van der Waals surface area contributed by atoms with Crippen LogP contribution in [0.4, 0.5) is 11.4 Å². The maximum atomic E-state index is 12.7. The number of carbonyl (C=O) groups excluding carboxylic acids is 3. The smallest absolute Gasteiger partial charge is 0.311 e. The van der Waals surface area contributed by atoms with Crippen LogP contribution in [-0.2, 0) is 29.1 Å². The number of amides is 2. The highest BCUT2D eigenvalue weighted by atomic mass is 32.2. The Hall–Kier alpha value is -4.42. The molecule has 0 unspecified atom stereocenters. The molecule has 4 aromatic rings. The van der Waals surface area contributed by atoms with E-state index in [4.69, 9.17) is 13.9 Å². The second kappa shape index (κ2) is 11.8. The molecular formula is C30H31N3O8S. The molecule has 0 bridgehead atoms. The number of nitrogens with one attached hydrogen (secondary N) is 1. The molecular weight excluding hydrogens is 562 g/mol. The summed E-state index contributed by atoms with van der Waals surface area (Å²) in [6.07, 6.45) is -0.0868. The predicted molar refractivity (Wildman–Crippen MR) is 157 cm³/mol. The van der Waals surface area contributed by atoms with Crippen LogP contribution in [-0.4, -0.2) is 63.9 Å². The van der Waals surface area contributed by atoms with Crippen molar-refractivity contribution < 1.29 is 36.7 Å². The first-order valence-electron chi connectivity index (χ1n) is 13.5. The molecule has 12 heteroatoms. The Labute approximate surface area is 243 Å². The van der Waals surface area contributed by atoms with Gasteiger partial charge in [-0.25, -0.2) is 8.42 Å². The van der Waals surface area contributed by atoms with Crippen LogP contribution in [0.1, 0.15) is 20.3 Å². The highest BCUT2D eigenvalue weighted by molar-refractivity contribution is 7.89. The SMILES string of the molecule is CCN(CC)S(=O)(=O)c1ccc(N2C[C@@H](C(=O)OCC(=O)Nc3cc4oc5ccccc5c4cc3OC)CC2=O)cc1. The molecule has 1 aromatic heterocycles. The predicted octanol–water partition coefficient (Wildman–Crippen LogP) is 4.16. The number of methoxy groups -OCH3 is 1. The summed E-state index contributed by atoms with van der Waals surface area (Å²) in [7, 11) is -2.15. The summed E-state index contributed by atoms with van der Waals surface area (Å²) in [6.45, 7) is 3.72. The van der Waals surface area contributed by atoms with Crippen LogP contribution in [0.3, 0.4) is 0 Å². The van der Waals surface area contributed by atoms with Crippen molar-refractivity contribution in [2.75, 3.05) is 43.6 Å². The highest BCUT2D eigenvalue weighted by Crippen LogP contribution is 2.36. The van der Waals surface area contributed by atoms with Gasteiger partial charge in [0.1, 0.15) is 16.9 Å². The molecule has 1 N–H and O–H groups in total. The summed E-state index contributed by atoms with van der Waals surface area (Å²) in [5, 5.41) is 4.44. The monoisotopic (exact) mass is 593 g/mol. The van der Waals surface area contributed by atoms with E-state index >= 15 is 0 Å².